The van der Waals surface area contributed by atoms with E-state index in [0.29, 0.717) is 24.9 Å². The average molecular weight is 416 g/mol. The van der Waals surface area contributed by atoms with Crippen molar-refractivity contribution in [2.45, 2.75) is 37.2 Å². The van der Waals surface area contributed by atoms with E-state index >= 15 is 0 Å². The molecule has 1 saturated heterocycles. The van der Waals surface area contributed by atoms with Gasteiger partial charge < -0.3 is 10.6 Å². The molecule has 0 aliphatic carbocycles. The van der Waals surface area contributed by atoms with Gasteiger partial charge in [-0.2, -0.15) is 4.31 Å². The lowest BCUT2D eigenvalue weighted by Gasteiger charge is -2.27. The first-order valence-corrected chi connectivity index (χ1v) is 10.9. The van der Waals surface area contributed by atoms with Gasteiger partial charge in [0.05, 0.1) is 4.90 Å². The number of hydrogen-bond donors (Lipinski definition) is 1. The first-order chi connectivity index (χ1) is 13.7. The van der Waals surface area contributed by atoms with E-state index in [1.54, 1.807) is 55.6 Å². The summed E-state index contributed by atoms with van der Waals surface area (Å²) >= 11 is 0. The highest BCUT2D eigenvalue weighted by atomic mass is 32.2. The molecule has 7 nitrogen and oxygen atoms in total. The van der Waals surface area contributed by atoms with Crippen LogP contribution < -0.4 is 5.73 Å². The number of sulfonamides is 1. The molecule has 3 rings (SSSR count). The molecule has 1 atom stereocenters. The smallest absolute Gasteiger partial charge is 0.248 e. The molecule has 2 N–H and O–H groups in total. The summed E-state index contributed by atoms with van der Waals surface area (Å²) in [4.78, 5) is 26.1. The Hall–Kier alpha value is -2.71. The first-order valence-electron chi connectivity index (χ1n) is 9.42. The minimum absolute atomic E-state index is 0.194. The SMILES string of the molecule is Cc1ccc(S(=O)(=O)N2CCC[C@H]2C(=O)N(C)Cc2cccc(C(N)=O)c2)cc1. The molecule has 1 heterocycles. The van der Waals surface area contributed by atoms with E-state index in [0.717, 1.165) is 11.1 Å². The van der Waals surface area contributed by atoms with Crippen LogP contribution in [0.25, 0.3) is 0 Å². The molecule has 0 saturated carbocycles. The molecule has 29 heavy (non-hydrogen) atoms. The maximum Gasteiger partial charge on any atom is 0.248 e. The standard InChI is InChI=1S/C21H25N3O4S/c1-15-8-10-18(11-9-15)29(27,28)24-12-4-7-19(24)21(26)23(2)14-16-5-3-6-17(13-16)20(22)25/h3,5-6,8-11,13,19H,4,7,12,14H2,1-2H3,(H2,22,25)/t19-/m0/s1. The number of nitrogens with two attached hydrogens (primary N) is 1. The molecule has 1 aliphatic rings. The fourth-order valence-corrected chi connectivity index (χ4v) is 5.20. The number of aryl methyl sites for hydroxylation is 1. The third-order valence-corrected chi connectivity index (χ3v) is 7.05. The van der Waals surface area contributed by atoms with Crippen molar-refractivity contribution in [1.29, 1.82) is 0 Å². The van der Waals surface area contributed by atoms with Crippen molar-refractivity contribution in [2.24, 2.45) is 5.73 Å². The van der Waals surface area contributed by atoms with Crippen molar-refractivity contribution in [3.05, 3.63) is 65.2 Å². The average Bonchev–Trinajstić information content (AvgIpc) is 3.18. The van der Waals surface area contributed by atoms with Gasteiger partial charge >= 0.3 is 0 Å². The van der Waals surface area contributed by atoms with E-state index in [1.807, 2.05) is 6.92 Å². The lowest BCUT2D eigenvalue weighted by Crippen LogP contribution is -2.46. The number of rotatable bonds is 6. The molecule has 2 amide bonds. The third-order valence-electron chi connectivity index (χ3n) is 5.12. The number of primary amides is 1. The minimum Gasteiger partial charge on any atom is -0.366 e. The highest BCUT2D eigenvalue weighted by molar-refractivity contribution is 7.89. The number of likely N-dealkylation sites (N-methyl/N-ethyl adjacent to an activating group) is 1. The highest BCUT2D eigenvalue weighted by Gasteiger charge is 2.40. The molecule has 1 fully saturated rings. The van der Waals surface area contributed by atoms with Gasteiger partial charge in [-0.25, -0.2) is 8.42 Å². The summed E-state index contributed by atoms with van der Waals surface area (Å²) in [6.45, 7) is 2.47. The molecule has 8 heteroatoms. The van der Waals surface area contributed by atoms with Gasteiger partial charge in [-0.05, 0) is 49.6 Å². The Balaban J connectivity index is 1.78. The Kier molecular flexibility index (Phi) is 6.04. The van der Waals surface area contributed by atoms with Crippen molar-refractivity contribution in [2.75, 3.05) is 13.6 Å². The van der Waals surface area contributed by atoms with Crippen LogP contribution in [-0.4, -0.2) is 49.1 Å². The number of amides is 2. The topological polar surface area (TPSA) is 101 Å². The number of carbonyl (C=O) groups excluding carboxylic acids is 2. The van der Waals surface area contributed by atoms with Crippen LogP contribution in [0.5, 0.6) is 0 Å². The number of benzene rings is 2. The Labute approximate surface area is 171 Å². The van der Waals surface area contributed by atoms with Gasteiger partial charge in [0.2, 0.25) is 21.8 Å². The van der Waals surface area contributed by atoms with E-state index in [9.17, 15) is 18.0 Å². The minimum atomic E-state index is -3.75. The van der Waals surface area contributed by atoms with Crippen LogP contribution in [0.2, 0.25) is 0 Å². The largest absolute Gasteiger partial charge is 0.366 e. The normalized spacial score (nSPS) is 17.2. The molecule has 2 aromatic carbocycles. The molecule has 0 unspecified atom stereocenters. The fraction of sp³-hybridized carbons (Fsp3) is 0.333. The van der Waals surface area contributed by atoms with E-state index < -0.39 is 22.0 Å². The summed E-state index contributed by atoms with van der Waals surface area (Å²) in [5.41, 5.74) is 7.40. The molecular weight excluding hydrogens is 390 g/mol. The molecule has 2 aromatic rings. The summed E-state index contributed by atoms with van der Waals surface area (Å²) in [5.74, 6) is -0.797. The van der Waals surface area contributed by atoms with Gasteiger partial charge in [-0.1, -0.05) is 29.8 Å². The van der Waals surface area contributed by atoms with Gasteiger partial charge in [-0.3, -0.25) is 9.59 Å². The predicted octanol–water partition coefficient (Wildman–Crippen LogP) is 1.91. The predicted molar refractivity (Wildman–Crippen MR) is 110 cm³/mol. The van der Waals surface area contributed by atoms with Crippen LogP contribution in [0.4, 0.5) is 0 Å². The van der Waals surface area contributed by atoms with Gasteiger partial charge in [0, 0.05) is 25.7 Å². The van der Waals surface area contributed by atoms with Gasteiger partial charge in [0.25, 0.3) is 0 Å². The van der Waals surface area contributed by atoms with Crippen LogP contribution in [-0.2, 0) is 21.4 Å². The van der Waals surface area contributed by atoms with Crippen molar-refractivity contribution in [1.82, 2.24) is 9.21 Å². The lowest BCUT2D eigenvalue weighted by atomic mass is 10.1. The molecule has 1 aliphatic heterocycles. The van der Waals surface area contributed by atoms with Gasteiger partial charge in [-0.15, -0.1) is 0 Å². The van der Waals surface area contributed by atoms with Crippen molar-refractivity contribution >= 4 is 21.8 Å². The molecular formula is C21H25N3O4S. The van der Waals surface area contributed by atoms with Crippen LogP contribution in [0.1, 0.15) is 34.3 Å². The zero-order chi connectivity index (χ0) is 21.2. The summed E-state index contributed by atoms with van der Waals surface area (Å²) in [6, 6.07) is 12.7. The second-order valence-corrected chi connectivity index (χ2v) is 9.24. The zero-order valence-electron chi connectivity index (χ0n) is 16.5. The summed E-state index contributed by atoms with van der Waals surface area (Å²) in [5, 5.41) is 0. The number of hydrogen-bond acceptors (Lipinski definition) is 4. The van der Waals surface area contributed by atoms with Crippen molar-refractivity contribution < 1.29 is 18.0 Å². The maximum absolute atomic E-state index is 13.1. The van der Waals surface area contributed by atoms with E-state index in [2.05, 4.69) is 0 Å². The Morgan fingerprint density at radius 2 is 1.86 bits per heavy atom. The molecule has 0 aromatic heterocycles. The molecule has 154 valence electrons. The highest BCUT2D eigenvalue weighted by Crippen LogP contribution is 2.27. The Morgan fingerprint density at radius 1 is 1.17 bits per heavy atom. The zero-order valence-corrected chi connectivity index (χ0v) is 17.4. The van der Waals surface area contributed by atoms with Gasteiger partial charge in [0.15, 0.2) is 0 Å². The summed E-state index contributed by atoms with van der Waals surface area (Å²) in [6.07, 6.45) is 1.11. The Morgan fingerprint density at radius 3 is 2.52 bits per heavy atom. The monoisotopic (exact) mass is 415 g/mol. The first kappa shape index (κ1) is 21.0. The molecule has 0 spiro atoms. The van der Waals surface area contributed by atoms with E-state index in [-0.39, 0.29) is 17.3 Å². The Bertz CT molecular complexity index is 1020. The quantitative estimate of drug-likeness (QED) is 0.779. The lowest BCUT2D eigenvalue weighted by molar-refractivity contribution is -0.133. The van der Waals surface area contributed by atoms with Crippen LogP contribution in [0.15, 0.2) is 53.4 Å². The number of carbonyl (C=O) groups is 2. The van der Waals surface area contributed by atoms with Crippen LogP contribution in [0.3, 0.4) is 0 Å². The second-order valence-electron chi connectivity index (χ2n) is 7.35. The second kappa shape index (κ2) is 8.34. The van der Waals surface area contributed by atoms with Crippen LogP contribution >= 0.6 is 0 Å². The molecule has 0 bridgehead atoms. The molecule has 0 radical (unpaired) electrons. The summed E-state index contributed by atoms with van der Waals surface area (Å²) < 4.78 is 27.4. The van der Waals surface area contributed by atoms with Crippen molar-refractivity contribution in [3.8, 4) is 0 Å². The summed E-state index contributed by atoms with van der Waals surface area (Å²) in [7, 11) is -2.12. The van der Waals surface area contributed by atoms with Gasteiger partial charge in [0.1, 0.15) is 6.04 Å². The number of nitrogens with zero attached hydrogens (tertiary/aromatic N) is 2. The van der Waals surface area contributed by atoms with Crippen LogP contribution in [0, 0.1) is 6.92 Å². The maximum atomic E-state index is 13.1. The van der Waals surface area contributed by atoms with E-state index in [1.165, 1.54) is 9.21 Å². The van der Waals surface area contributed by atoms with Crippen molar-refractivity contribution in [3.63, 3.8) is 0 Å². The fourth-order valence-electron chi connectivity index (χ4n) is 3.55. The third kappa shape index (κ3) is 4.49. The van der Waals surface area contributed by atoms with E-state index in [4.69, 9.17) is 5.73 Å².